The Bertz CT molecular complexity index is 753. The normalized spacial score (nSPS) is 11.6. The average molecular weight is 656 g/mol. The summed E-state index contributed by atoms with van der Waals surface area (Å²) >= 11 is 33.3. The van der Waals surface area contributed by atoms with Crippen molar-refractivity contribution >= 4 is 119 Å². The Kier molecular flexibility index (Phi) is 8.63. The molecule has 1 aromatic rings. The third kappa shape index (κ3) is 4.92. The second-order valence-electron chi connectivity index (χ2n) is 4.57. The van der Waals surface area contributed by atoms with Crippen molar-refractivity contribution in [2.45, 2.75) is 11.4 Å². The maximum atomic E-state index is 9.87. The van der Waals surface area contributed by atoms with Gasteiger partial charge in [0.05, 0.1) is 11.6 Å². The van der Waals surface area contributed by atoms with Crippen molar-refractivity contribution in [1.29, 1.82) is 5.26 Å². The van der Waals surface area contributed by atoms with Crippen LogP contribution < -0.4 is 0 Å². The highest BCUT2D eigenvalue weighted by molar-refractivity contribution is 9.27. The molecule has 0 aliphatic heterocycles. The molecule has 0 bridgehead atoms. The number of nitriles is 1. The van der Waals surface area contributed by atoms with Gasteiger partial charge in [0.2, 0.25) is 0 Å². The van der Waals surface area contributed by atoms with Crippen LogP contribution in [0.4, 0.5) is 0 Å². The maximum Gasteiger partial charge on any atom is 0.135 e. The lowest BCUT2D eigenvalue weighted by Crippen LogP contribution is -2.30. The van der Waals surface area contributed by atoms with E-state index in [2.05, 4.69) is 121 Å². The van der Waals surface area contributed by atoms with Crippen molar-refractivity contribution in [2.24, 2.45) is 0 Å². The SMILES string of the molecule is C=C(S)C(Br)(Br)C(=C(C#N)c1ccc(Cl)cc1S)C(Br)(Br)C(=C)S. The van der Waals surface area contributed by atoms with Gasteiger partial charge < -0.3 is 0 Å². The summed E-state index contributed by atoms with van der Waals surface area (Å²) in [5, 5.41) is 10.4. The second-order valence-corrected chi connectivity index (χ2v) is 13.4. The minimum Gasteiger partial charge on any atom is -0.192 e. The van der Waals surface area contributed by atoms with Crippen molar-refractivity contribution < 1.29 is 0 Å². The summed E-state index contributed by atoms with van der Waals surface area (Å²) in [6.45, 7) is 7.72. The number of benzene rings is 1. The van der Waals surface area contributed by atoms with Crippen LogP contribution in [0.25, 0.3) is 5.57 Å². The minimum absolute atomic E-state index is 0.324. The lowest BCUT2D eigenvalue weighted by atomic mass is 9.95. The Balaban J connectivity index is 3.97. The topological polar surface area (TPSA) is 23.8 Å². The van der Waals surface area contributed by atoms with Crippen LogP contribution in [-0.2, 0) is 0 Å². The molecule has 0 saturated heterocycles. The summed E-state index contributed by atoms with van der Waals surface area (Å²) in [7, 11) is 0. The predicted octanol–water partition coefficient (Wildman–Crippen LogP) is 7.77. The van der Waals surface area contributed by atoms with Crippen LogP contribution in [0.1, 0.15) is 5.56 Å². The molecule has 0 spiro atoms. The first-order valence-electron chi connectivity index (χ1n) is 6.03. The Labute approximate surface area is 196 Å². The van der Waals surface area contributed by atoms with E-state index in [4.69, 9.17) is 11.6 Å². The van der Waals surface area contributed by atoms with E-state index in [9.17, 15) is 5.26 Å². The van der Waals surface area contributed by atoms with Crippen LogP contribution in [0.15, 0.2) is 51.6 Å². The van der Waals surface area contributed by atoms with Crippen LogP contribution in [0.3, 0.4) is 0 Å². The summed E-state index contributed by atoms with van der Waals surface area (Å²) in [5.74, 6) is 0. The van der Waals surface area contributed by atoms with Crippen molar-refractivity contribution in [2.75, 3.05) is 0 Å². The molecule has 0 unspecified atom stereocenters. The minimum atomic E-state index is -1.02. The Morgan fingerprint density at radius 3 is 1.88 bits per heavy atom. The zero-order chi connectivity index (χ0) is 18.9. The third-order valence-electron chi connectivity index (χ3n) is 2.94. The maximum absolute atomic E-state index is 9.87. The molecule has 0 aromatic heterocycles. The molecule has 24 heavy (non-hydrogen) atoms. The van der Waals surface area contributed by atoms with Crippen molar-refractivity contribution in [3.8, 4) is 6.07 Å². The van der Waals surface area contributed by atoms with Gasteiger partial charge in [0.15, 0.2) is 0 Å². The summed E-state index contributed by atoms with van der Waals surface area (Å²) in [5.41, 5.74) is 1.43. The fourth-order valence-electron chi connectivity index (χ4n) is 1.77. The molecule has 1 rings (SSSR count). The van der Waals surface area contributed by atoms with E-state index >= 15 is 0 Å². The lowest BCUT2D eigenvalue weighted by molar-refractivity contribution is 1.08. The molecule has 9 heteroatoms. The highest BCUT2D eigenvalue weighted by Crippen LogP contribution is 2.57. The number of rotatable bonds is 5. The van der Waals surface area contributed by atoms with Crippen molar-refractivity contribution in [3.63, 3.8) is 0 Å². The number of alkyl halides is 4. The quantitative estimate of drug-likeness (QED) is 0.169. The summed E-state index contributed by atoms with van der Waals surface area (Å²) < 4.78 is -2.04. The van der Waals surface area contributed by atoms with Gasteiger partial charge in [0, 0.05) is 30.9 Å². The predicted molar refractivity (Wildman–Crippen MR) is 129 cm³/mol. The lowest BCUT2D eigenvalue weighted by Gasteiger charge is -2.34. The Hall–Kier alpha value is 1.19. The molecule has 0 N–H and O–H groups in total. The Morgan fingerprint density at radius 2 is 1.54 bits per heavy atom. The molecular formula is C15H10Br4ClNS3. The van der Waals surface area contributed by atoms with E-state index in [1.54, 1.807) is 18.2 Å². The summed E-state index contributed by atoms with van der Waals surface area (Å²) in [6.07, 6.45) is 0. The van der Waals surface area contributed by atoms with E-state index in [-0.39, 0.29) is 0 Å². The molecule has 0 fully saturated rings. The molecule has 0 atom stereocenters. The average Bonchev–Trinajstić information content (AvgIpc) is 2.44. The summed E-state index contributed by atoms with van der Waals surface area (Å²) in [6, 6.07) is 7.28. The van der Waals surface area contributed by atoms with Crippen LogP contribution in [0.5, 0.6) is 0 Å². The van der Waals surface area contributed by atoms with Gasteiger partial charge in [-0.15, -0.1) is 37.9 Å². The first-order valence-corrected chi connectivity index (χ1v) is 10.9. The standard InChI is InChI=1S/C15H10Br4ClNS3/c1-7(22)14(16,17)13(15(18,19)8(2)23)11(6-21)10-4-3-9(20)5-12(10)24/h3-5,22-24H,1-2H2. The number of hydrogen-bond donors (Lipinski definition) is 3. The fraction of sp³-hybridized carbons (Fsp3) is 0.133. The van der Waals surface area contributed by atoms with E-state index < -0.39 is 6.47 Å². The van der Waals surface area contributed by atoms with Gasteiger partial charge >= 0.3 is 0 Å². The zero-order valence-corrected chi connectivity index (χ0v) is 21.6. The Morgan fingerprint density at radius 1 is 1.08 bits per heavy atom. The molecule has 0 heterocycles. The zero-order valence-electron chi connectivity index (χ0n) is 11.8. The van der Waals surface area contributed by atoms with Crippen LogP contribution in [0, 0.1) is 11.3 Å². The molecule has 128 valence electrons. The number of halogens is 5. The van der Waals surface area contributed by atoms with Gasteiger partial charge in [-0.25, -0.2) is 0 Å². The number of thiol groups is 3. The molecule has 0 aliphatic carbocycles. The van der Waals surface area contributed by atoms with Gasteiger partial charge in [-0.1, -0.05) is 94.5 Å². The third-order valence-corrected chi connectivity index (χ3v) is 8.95. The first kappa shape index (κ1) is 23.2. The molecule has 0 aliphatic rings. The molecule has 0 amide bonds. The van der Waals surface area contributed by atoms with Crippen LogP contribution in [0.2, 0.25) is 5.02 Å². The van der Waals surface area contributed by atoms with Gasteiger partial charge in [-0.2, -0.15) is 5.26 Å². The molecule has 1 aromatic carbocycles. The number of hydrogen-bond acceptors (Lipinski definition) is 4. The highest BCUT2D eigenvalue weighted by Gasteiger charge is 2.45. The van der Waals surface area contributed by atoms with Crippen LogP contribution in [-0.4, -0.2) is 6.47 Å². The summed E-state index contributed by atoms with van der Waals surface area (Å²) in [4.78, 5) is 1.41. The van der Waals surface area contributed by atoms with Gasteiger partial charge in [0.1, 0.15) is 6.47 Å². The van der Waals surface area contributed by atoms with Crippen molar-refractivity contribution in [3.05, 3.63) is 57.3 Å². The first-order chi connectivity index (χ1) is 10.9. The van der Waals surface area contributed by atoms with Crippen LogP contribution >= 0.6 is 113 Å². The van der Waals surface area contributed by atoms with Crippen molar-refractivity contribution in [1.82, 2.24) is 0 Å². The number of nitrogens with zero attached hydrogens (tertiary/aromatic N) is 1. The monoisotopic (exact) mass is 651 g/mol. The molecule has 0 radical (unpaired) electrons. The second kappa shape index (κ2) is 8.92. The van der Waals surface area contributed by atoms with Gasteiger partial charge in [-0.05, 0) is 12.1 Å². The highest BCUT2D eigenvalue weighted by atomic mass is 79.9. The largest absolute Gasteiger partial charge is 0.192 e. The van der Waals surface area contributed by atoms with Gasteiger partial charge in [-0.3, -0.25) is 0 Å². The van der Waals surface area contributed by atoms with E-state index in [1.807, 2.05) is 0 Å². The van der Waals surface area contributed by atoms with E-state index in [1.165, 1.54) is 0 Å². The van der Waals surface area contributed by atoms with Gasteiger partial charge in [0.25, 0.3) is 0 Å². The van der Waals surface area contributed by atoms with E-state index in [0.717, 1.165) is 0 Å². The number of allylic oxidation sites excluding steroid dienone is 4. The van der Waals surface area contributed by atoms with E-state index in [0.29, 0.717) is 36.4 Å². The molecular weight excluding hydrogens is 645 g/mol. The fourth-order valence-corrected chi connectivity index (χ4v) is 5.61. The molecule has 1 nitrogen and oxygen atoms in total. The molecule has 0 saturated carbocycles. The smallest absolute Gasteiger partial charge is 0.135 e.